The number of aromatic amines is 1. The topological polar surface area (TPSA) is 167 Å². The molecule has 1 amide bonds. The maximum Gasteiger partial charge on any atom is 0.261 e. The molecule has 0 bridgehead atoms. The summed E-state index contributed by atoms with van der Waals surface area (Å²) < 4.78 is 58.8. The number of anilines is 4. The van der Waals surface area contributed by atoms with E-state index in [0.717, 1.165) is 22.8 Å². The summed E-state index contributed by atoms with van der Waals surface area (Å²) in [4.78, 5) is 19.7. The number of aromatic nitrogens is 1. The smallest absolute Gasteiger partial charge is 0.261 e. The van der Waals surface area contributed by atoms with Gasteiger partial charge in [0.05, 0.1) is 16.8 Å². The number of ether oxygens (including phenoxy) is 1. The lowest BCUT2D eigenvalue weighted by Gasteiger charge is -2.36. The molecule has 1 aromatic heterocycles. The van der Waals surface area contributed by atoms with E-state index in [0.29, 0.717) is 43.3 Å². The third-order valence-electron chi connectivity index (χ3n) is 6.63. The van der Waals surface area contributed by atoms with Crippen molar-refractivity contribution in [3.05, 3.63) is 72.9 Å². The molecule has 0 radical (unpaired) electrons. The normalized spacial score (nSPS) is 14.2. The van der Waals surface area contributed by atoms with Crippen LogP contribution in [0.2, 0.25) is 0 Å². The van der Waals surface area contributed by atoms with Crippen molar-refractivity contribution in [2.24, 2.45) is 0 Å². The highest BCUT2D eigenvalue weighted by Gasteiger charge is 2.22. The first-order chi connectivity index (χ1) is 19.5. The number of hydrogen-bond donors (Lipinski definition) is 4. The van der Waals surface area contributed by atoms with Gasteiger partial charge in [0, 0.05) is 60.3 Å². The van der Waals surface area contributed by atoms with Crippen molar-refractivity contribution in [2.75, 3.05) is 59.1 Å². The molecule has 0 unspecified atom stereocenters. The molecule has 2 heterocycles. The third kappa shape index (κ3) is 6.84. The van der Waals surface area contributed by atoms with E-state index in [1.807, 2.05) is 24.3 Å². The van der Waals surface area contributed by atoms with E-state index in [1.165, 1.54) is 24.3 Å². The zero-order valence-electron chi connectivity index (χ0n) is 22.2. The Kier molecular flexibility index (Phi) is 7.69. The molecule has 0 saturated carbocycles. The molecule has 41 heavy (non-hydrogen) atoms. The second-order valence-electron chi connectivity index (χ2n) is 9.66. The fourth-order valence-corrected chi connectivity index (χ4v) is 6.15. The first-order valence-electron chi connectivity index (χ1n) is 12.7. The maximum absolute atomic E-state index is 12.8. The van der Waals surface area contributed by atoms with E-state index >= 15 is 0 Å². The molecule has 0 aliphatic carbocycles. The average Bonchev–Trinajstić information content (AvgIpc) is 3.31. The number of hydrogen-bond acceptors (Lipinski definition) is 8. The number of fused-ring (bicyclic) bond motifs is 1. The lowest BCUT2D eigenvalue weighted by Crippen LogP contribution is -2.50. The van der Waals surface area contributed by atoms with Crippen LogP contribution in [0.1, 0.15) is 0 Å². The van der Waals surface area contributed by atoms with Crippen LogP contribution in [0.4, 0.5) is 22.7 Å². The Morgan fingerprint density at radius 1 is 0.902 bits per heavy atom. The number of carbonyl (C=O) groups is 1. The number of benzene rings is 3. The number of rotatable bonds is 9. The van der Waals surface area contributed by atoms with E-state index in [-0.39, 0.29) is 23.1 Å². The summed E-state index contributed by atoms with van der Waals surface area (Å²) in [5.41, 5.74) is 9.03. The molecule has 1 fully saturated rings. The molecule has 0 spiro atoms. The number of H-pyrrole nitrogens is 1. The zero-order chi connectivity index (χ0) is 29.2. The van der Waals surface area contributed by atoms with Gasteiger partial charge in [-0.25, -0.2) is 16.8 Å². The Balaban J connectivity index is 1.12. The standard InChI is InChI=1S/C27H30N6O6S2/c1-40(35,36)30-19-4-9-23(10-5-19)41(37,38)31-20-2-6-21(7-3-20)32-12-14-33(15-13-32)27(34)18-39-22-8-11-26-24(16-22)25(28)17-29-26/h2-11,16-17,29-31H,12-15,18,28H2,1H3. The molecule has 12 nitrogen and oxygen atoms in total. The number of nitrogens with two attached hydrogens (primary N) is 1. The molecule has 1 aliphatic rings. The molecule has 1 aliphatic heterocycles. The number of nitrogen functional groups attached to an aromatic ring is 1. The van der Waals surface area contributed by atoms with Crippen LogP contribution in [0.3, 0.4) is 0 Å². The second kappa shape index (κ2) is 11.2. The minimum absolute atomic E-state index is 0.000420. The van der Waals surface area contributed by atoms with Crippen molar-refractivity contribution in [3.63, 3.8) is 0 Å². The predicted octanol–water partition coefficient (Wildman–Crippen LogP) is 2.65. The largest absolute Gasteiger partial charge is 0.484 e. The van der Waals surface area contributed by atoms with Crippen LogP contribution in [0.5, 0.6) is 5.75 Å². The van der Waals surface area contributed by atoms with Gasteiger partial charge in [-0.1, -0.05) is 0 Å². The van der Waals surface area contributed by atoms with Gasteiger partial charge < -0.3 is 25.3 Å². The van der Waals surface area contributed by atoms with Crippen molar-refractivity contribution in [1.82, 2.24) is 9.88 Å². The summed E-state index contributed by atoms with van der Waals surface area (Å²) in [5, 5.41) is 0.848. The second-order valence-corrected chi connectivity index (χ2v) is 13.1. The molecule has 5 N–H and O–H groups in total. The Bertz CT molecular complexity index is 1760. The summed E-state index contributed by atoms with van der Waals surface area (Å²) in [6.45, 7) is 2.24. The lowest BCUT2D eigenvalue weighted by atomic mass is 10.2. The zero-order valence-corrected chi connectivity index (χ0v) is 23.8. The molecule has 3 aromatic carbocycles. The van der Waals surface area contributed by atoms with Crippen LogP contribution < -0.4 is 24.8 Å². The van der Waals surface area contributed by atoms with Crippen LogP contribution in [-0.4, -0.2) is 71.7 Å². The van der Waals surface area contributed by atoms with Gasteiger partial charge in [0.2, 0.25) is 10.0 Å². The van der Waals surface area contributed by atoms with Crippen LogP contribution in [0, 0.1) is 0 Å². The highest BCUT2D eigenvalue weighted by Crippen LogP contribution is 2.26. The fraction of sp³-hybridized carbons (Fsp3) is 0.222. The van der Waals surface area contributed by atoms with E-state index in [4.69, 9.17) is 10.5 Å². The Morgan fingerprint density at radius 2 is 1.54 bits per heavy atom. The van der Waals surface area contributed by atoms with Crippen LogP contribution in [0.25, 0.3) is 10.9 Å². The molecule has 4 aromatic rings. The minimum atomic E-state index is -3.87. The van der Waals surface area contributed by atoms with E-state index < -0.39 is 20.0 Å². The average molecular weight is 599 g/mol. The first-order valence-corrected chi connectivity index (χ1v) is 16.1. The van der Waals surface area contributed by atoms with Gasteiger partial charge in [-0.2, -0.15) is 0 Å². The molecule has 216 valence electrons. The van der Waals surface area contributed by atoms with Gasteiger partial charge in [-0.3, -0.25) is 14.2 Å². The number of piperazine rings is 1. The summed E-state index contributed by atoms with van der Waals surface area (Å²) in [6.07, 6.45) is 2.73. The highest BCUT2D eigenvalue weighted by atomic mass is 32.2. The minimum Gasteiger partial charge on any atom is -0.484 e. The van der Waals surface area contributed by atoms with Gasteiger partial charge in [-0.15, -0.1) is 0 Å². The number of amides is 1. The van der Waals surface area contributed by atoms with Crippen molar-refractivity contribution in [3.8, 4) is 5.75 Å². The van der Waals surface area contributed by atoms with Gasteiger partial charge in [0.25, 0.3) is 15.9 Å². The summed E-state index contributed by atoms with van der Waals surface area (Å²) in [5.74, 6) is 0.476. The number of nitrogens with one attached hydrogen (secondary N) is 3. The lowest BCUT2D eigenvalue weighted by molar-refractivity contribution is -0.133. The Labute approximate surface area is 238 Å². The summed E-state index contributed by atoms with van der Waals surface area (Å²) in [7, 11) is -7.33. The third-order valence-corrected chi connectivity index (χ3v) is 8.64. The fourth-order valence-electron chi connectivity index (χ4n) is 4.53. The molecule has 5 rings (SSSR count). The van der Waals surface area contributed by atoms with Crippen molar-refractivity contribution < 1.29 is 26.4 Å². The maximum atomic E-state index is 12.8. The quantitative estimate of drug-likeness (QED) is 0.228. The SMILES string of the molecule is CS(=O)(=O)Nc1ccc(S(=O)(=O)Nc2ccc(N3CCN(C(=O)COc4ccc5[nH]cc(N)c5c4)CC3)cc2)cc1. The molecular weight excluding hydrogens is 568 g/mol. The monoisotopic (exact) mass is 598 g/mol. The number of nitrogens with zero attached hydrogens (tertiary/aromatic N) is 2. The van der Waals surface area contributed by atoms with E-state index in [9.17, 15) is 21.6 Å². The molecule has 0 atom stereocenters. The van der Waals surface area contributed by atoms with Crippen molar-refractivity contribution in [1.29, 1.82) is 0 Å². The van der Waals surface area contributed by atoms with Gasteiger partial charge in [0.1, 0.15) is 5.75 Å². The summed E-state index contributed by atoms with van der Waals surface area (Å²) in [6, 6.07) is 17.9. The predicted molar refractivity (Wildman–Crippen MR) is 159 cm³/mol. The van der Waals surface area contributed by atoms with Crippen LogP contribution in [0.15, 0.2) is 77.8 Å². The Morgan fingerprint density at radius 3 is 2.20 bits per heavy atom. The molecular formula is C27H30N6O6S2. The van der Waals surface area contributed by atoms with Crippen LogP contribution in [-0.2, 0) is 24.8 Å². The van der Waals surface area contributed by atoms with Gasteiger partial charge in [0.15, 0.2) is 6.61 Å². The highest BCUT2D eigenvalue weighted by molar-refractivity contribution is 7.92. The number of sulfonamides is 2. The van der Waals surface area contributed by atoms with Gasteiger partial charge >= 0.3 is 0 Å². The van der Waals surface area contributed by atoms with Crippen LogP contribution >= 0.6 is 0 Å². The van der Waals surface area contributed by atoms with Crippen molar-refractivity contribution in [2.45, 2.75) is 4.90 Å². The van der Waals surface area contributed by atoms with E-state index in [1.54, 1.807) is 29.3 Å². The van der Waals surface area contributed by atoms with Crippen molar-refractivity contribution >= 4 is 59.6 Å². The molecule has 1 saturated heterocycles. The number of carbonyl (C=O) groups excluding carboxylic acids is 1. The van der Waals surface area contributed by atoms with Gasteiger partial charge in [-0.05, 0) is 66.7 Å². The summed E-state index contributed by atoms with van der Waals surface area (Å²) >= 11 is 0. The van der Waals surface area contributed by atoms with E-state index in [2.05, 4.69) is 19.3 Å². The first kappa shape index (κ1) is 28.1. The Hall–Kier alpha value is -4.43. The molecule has 14 heteroatoms.